The van der Waals surface area contributed by atoms with E-state index in [0.29, 0.717) is 6.42 Å². The largest absolute Gasteiger partial charge is 1.00 e. The van der Waals surface area contributed by atoms with Gasteiger partial charge in [0.05, 0.1) is 13.0 Å². The molecule has 1 unspecified atom stereocenters. The third-order valence-corrected chi connectivity index (χ3v) is 3.27. The molecule has 0 saturated heterocycles. The minimum Gasteiger partial charge on any atom is -0.747 e. The predicted octanol–water partition coefficient (Wildman–Crippen LogP) is -2.50. The van der Waals surface area contributed by atoms with E-state index in [0.717, 1.165) is 19.3 Å². The van der Waals surface area contributed by atoms with Crippen LogP contribution in [0, 0.1) is 0 Å². The molecule has 1 atom stereocenters. The number of carboxylic acids is 1. The van der Waals surface area contributed by atoms with Crippen molar-refractivity contribution in [2.45, 2.75) is 44.3 Å². The number of carboxylic acid groups (broad SMARTS) is 1. The van der Waals surface area contributed by atoms with Crippen molar-refractivity contribution in [1.82, 2.24) is 0 Å². The molecule has 0 heterocycles. The van der Waals surface area contributed by atoms with Crippen molar-refractivity contribution in [2.24, 2.45) is 0 Å². The summed E-state index contributed by atoms with van der Waals surface area (Å²) in [5, 5.41) is 6.26. The van der Waals surface area contributed by atoms with E-state index < -0.39 is 33.7 Å². The van der Waals surface area contributed by atoms with Crippen LogP contribution in [-0.4, -0.2) is 41.9 Å². The average molecular weight is 304 g/mol. The molecule has 0 amide bonds. The number of esters is 1. The van der Waals surface area contributed by atoms with Gasteiger partial charge in [0.1, 0.15) is 10.1 Å². The maximum atomic E-state index is 11.3. The molecular formula is C10H17NaO7S. The Bertz CT molecular complexity index is 379. The van der Waals surface area contributed by atoms with E-state index in [1.807, 2.05) is 6.92 Å². The number of ether oxygens (including phenoxy) is 1. The maximum Gasteiger partial charge on any atom is 1.00 e. The summed E-state index contributed by atoms with van der Waals surface area (Å²) in [5.41, 5.74) is 0. The molecule has 0 aliphatic heterocycles. The molecule has 7 nitrogen and oxygen atoms in total. The quantitative estimate of drug-likeness (QED) is 0.216. The molecule has 106 valence electrons. The molecule has 0 saturated carbocycles. The number of carbonyl (C=O) groups is 2. The summed E-state index contributed by atoms with van der Waals surface area (Å²) >= 11 is 0. The van der Waals surface area contributed by atoms with E-state index in [2.05, 4.69) is 4.74 Å². The zero-order valence-electron chi connectivity index (χ0n) is 11.1. The summed E-state index contributed by atoms with van der Waals surface area (Å²) in [6, 6.07) is 0. The molecule has 0 aromatic heterocycles. The first-order chi connectivity index (χ1) is 8.29. The van der Waals surface area contributed by atoms with Crippen molar-refractivity contribution in [3.05, 3.63) is 0 Å². The Morgan fingerprint density at radius 3 is 2.26 bits per heavy atom. The van der Waals surface area contributed by atoms with Gasteiger partial charge in [-0.2, -0.15) is 0 Å². The first kappa shape index (κ1) is 21.2. The van der Waals surface area contributed by atoms with Gasteiger partial charge in [-0.05, 0) is 6.42 Å². The van der Waals surface area contributed by atoms with E-state index in [1.165, 1.54) is 0 Å². The van der Waals surface area contributed by atoms with Gasteiger partial charge in [-0.1, -0.05) is 26.2 Å². The molecule has 0 aliphatic rings. The van der Waals surface area contributed by atoms with E-state index in [1.54, 1.807) is 0 Å². The first-order valence-electron chi connectivity index (χ1n) is 5.62. The van der Waals surface area contributed by atoms with Gasteiger partial charge in [0.2, 0.25) is 0 Å². The minimum atomic E-state index is -5.01. The van der Waals surface area contributed by atoms with Crippen LogP contribution < -0.4 is 29.6 Å². The van der Waals surface area contributed by atoms with Gasteiger partial charge < -0.3 is 14.4 Å². The summed E-state index contributed by atoms with van der Waals surface area (Å²) in [6.07, 6.45) is 2.25. The standard InChI is InChI=1S/C10H18O7S.Na/c1-2-3-4-5-6-17-10(13)8(7-9(11)12)18(14,15)16;/h8H,2-7H2,1H3,(H,11,12)(H,14,15,16);/q;+1/p-1. The van der Waals surface area contributed by atoms with Crippen LogP contribution >= 0.6 is 0 Å². The summed E-state index contributed by atoms with van der Waals surface area (Å²) in [4.78, 5) is 21.7. The number of rotatable bonds is 9. The second-order valence-electron chi connectivity index (χ2n) is 3.81. The van der Waals surface area contributed by atoms with Crippen LogP contribution in [0.2, 0.25) is 0 Å². The van der Waals surface area contributed by atoms with Gasteiger partial charge in [0, 0.05) is 0 Å². The van der Waals surface area contributed by atoms with Crippen LogP contribution in [0.1, 0.15) is 39.0 Å². The van der Waals surface area contributed by atoms with E-state index in [4.69, 9.17) is 5.11 Å². The van der Waals surface area contributed by atoms with Gasteiger partial charge in [0.25, 0.3) is 0 Å². The van der Waals surface area contributed by atoms with Gasteiger partial charge >= 0.3 is 41.5 Å². The van der Waals surface area contributed by atoms with Crippen LogP contribution in [0.3, 0.4) is 0 Å². The van der Waals surface area contributed by atoms with E-state index in [-0.39, 0.29) is 36.2 Å². The monoisotopic (exact) mass is 304 g/mol. The molecule has 0 spiro atoms. The molecular weight excluding hydrogens is 287 g/mol. The minimum absolute atomic E-state index is 0. The van der Waals surface area contributed by atoms with Crippen molar-refractivity contribution >= 4 is 22.1 Å². The van der Waals surface area contributed by atoms with Crippen LogP contribution in [0.4, 0.5) is 0 Å². The van der Waals surface area contributed by atoms with Crippen molar-refractivity contribution in [3.63, 3.8) is 0 Å². The summed E-state index contributed by atoms with van der Waals surface area (Å²) < 4.78 is 36.8. The Balaban J connectivity index is 0. The van der Waals surface area contributed by atoms with Crippen molar-refractivity contribution in [3.8, 4) is 0 Å². The molecule has 0 aliphatic carbocycles. The Kier molecular flexibility index (Phi) is 11.8. The van der Waals surface area contributed by atoms with Gasteiger partial charge in [-0.15, -0.1) is 0 Å². The van der Waals surface area contributed by atoms with Crippen molar-refractivity contribution in [1.29, 1.82) is 0 Å². The zero-order chi connectivity index (χ0) is 14.2. The molecule has 1 N–H and O–H groups in total. The summed E-state index contributed by atoms with van der Waals surface area (Å²) in [6.45, 7) is 1.99. The Morgan fingerprint density at radius 1 is 1.26 bits per heavy atom. The second kappa shape index (κ2) is 10.6. The topological polar surface area (TPSA) is 121 Å². The van der Waals surface area contributed by atoms with Crippen LogP contribution in [0.25, 0.3) is 0 Å². The fourth-order valence-electron chi connectivity index (χ4n) is 1.26. The summed E-state index contributed by atoms with van der Waals surface area (Å²) in [7, 11) is -5.01. The molecule has 0 bridgehead atoms. The van der Waals surface area contributed by atoms with Crippen LogP contribution in [0.15, 0.2) is 0 Å². The third kappa shape index (κ3) is 10.3. The molecule has 9 heteroatoms. The van der Waals surface area contributed by atoms with Gasteiger partial charge in [0.15, 0.2) is 5.25 Å². The van der Waals surface area contributed by atoms with Crippen molar-refractivity contribution in [2.75, 3.05) is 6.61 Å². The third-order valence-electron chi connectivity index (χ3n) is 2.21. The maximum absolute atomic E-state index is 11.3. The zero-order valence-corrected chi connectivity index (χ0v) is 13.9. The van der Waals surface area contributed by atoms with Gasteiger partial charge in [-0.25, -0.2) is 8.42 Å². The fraction of sp³-hybridized carbons (Fsp3) is 0.800. The van der Waals surface area contributed by atoms with Crippen LogP contribution in [-0.2, 0) is 24.4 Å². The molecule has 0 aromatic rings. The van der Waals surface area contributed by atoms with Crippen molar-refractivity contribution < 1.29 is 62.0 Å². The number of hydrogen-bond acceptors (Lipinski definition) is 6. The molecule has 0 radical (unpaired) electrons. The Labute approximate surface area is 134 Å². The fourth-order valence-corrected chi connectivity index (χ4v) is 1.91. The predicted molar refractivity (Wildman–Crippen MR) is 60.8 cm³/mol. The first-order valence-corrected chi connectivity index (χ1v) is 7.09. The molecule has 0 fully saturated rings. The number of unbranched alkanes of at least 4 members (excludes halogenated alkanes) is 3. The normalized spacial score (nSPS) is 12.3. The molecule has 0 aromatic carbocycles. The summed E-state index contributed by atoms with van der Waals surface area (Å²) in [5.74, 6) is -2.83. The Hall–Kier alpha value is -0.150. The smallest absolute Gasteiger partial charge is 0.747 e. The second-order valence-corrected chi connectivity index (χ2v) is 5.36. The van der Waals surface area contributed by atoms with Crippen LogP contribution in [0.5, 0.6) is 0 Å². The average Bonchev–Trinajstić information content (AvgIpc) is 2.23. The van der Waals surface area contributed by atoms with Gasteiger partial charge in [-0.3, -0.25) is 9.59 Å². The van der Waals surface area contributed by atoms with E-state index in [9.17, 15) is 22.6 Å². The van der Waals surface area contributed by atoms with E-state index >= 15 is 0 Å². The Morgan fingerprint density at radius 2 is 1.84 bits per heavy atom. The molecule has 0 rings (SSSR count). The molecule has 19 heavy (non-hydrogen) atoms. The SMILES string of the molecule is CCCCCCOC(=O)C(CC(=O)O)S(=O)(=O)[O-].[Na+]. The number of carbonyl (C=O) groups excluding carboxylic acids is 1. The number of hydrogen-bond donors (Lipinski definition) is 1. The number of aliphatic carboxylic acids is 1.